The second-order valence-corrected chi connectivity index (χ2v) is 7.57. The summed E-state index contributed by atoms with van der Waals surface area (Å²) >= 11 is 5.67. The molecule has 9 heteroatoms. The summed E-state index contributed by atoms with van der Waals surface area (Å²) in [6.45, 7) is 0.486. The molecule has 2 N–H and O–H groups in total. The lowest BCUT2D eigenvalue weighted by Gasteiger charge is -2.16. The molecule has 0 spiro atoms. The van der Waals surface area contributed by atoms with Gasteiger partial charge in [-0.3, -0.25) is 9.62 Å². The lowest BCUT2D eigenvalue weighted by atomic mass is 10.2. The molecule has 0 aromatic heterocycles. The topological polar surface area (TPSA) is 78.5 Å². The number of hydrogen-bond donors (Lipinski definition) is 2. The van der Waals surface area contributed by atoms with E-state index in [1.165, 1.54) is 31.3 Å². The highest BCUT2D eigenvalue weighted by atomic mass is 35.5. The fraction of sp³-hybridized carbons (Fsp3) is 0.188. The lowest BCUT2D eigenvalue weighted by Crippen LogP contribution is -2.36. The molecular weight excluding hydrogens is 369 g/mol. The predicted molar refractivity (Wildman–Crippen MR) is 94.2 cm³/mol. The quantitative estimate of drug-likeness (QED) is 0.855. The van der Waals surface area contributed by atoms with E-state index in [4.69, 9.17) is 11.6 Å². The summed E-state index contributed by atoms with van der Waals surface area (Å²) < 4.78 is 40.6. The van der Waals surface area contributed by atoms with Gasteiger partial charge in [-0.15, -0.1) is 0 Å². The highest BCUT2D eigenvalue weighted by Crippen LogP contribution is 2.31. The Morgan fingerprint density at radius 2 is 2.00 bits per heavy atom. The van der Waals surface area contributed by atoms with Gasteiger partial charge in [-0.05, 0) is 48.4 Å². The van der Waals surface area contributed by atoms with Crippen molar-refractivity contribution in [2.45, 2.75) is 11.3 Å². The van der Waals surface area contributed by atoms with E-state index in [9.17, 15) is 17.6 Å². The molecule has 0 bridgehead atoms. The first-order valence-electron chi connectivity index (χ1n) is 7.42. The molecular formula is C16H15ClFN3O3S. The fourth-order valence-electron chi connectivity index (χ4n) is 2.66. The average molecular weight is 384 g/mol. The van der Waals surface area contributed by atoms with Crippen LogP contribution < -0.4 is 14.9 Å². The minimum atomic E-state index is -3.86. The van der Waals surface area contributed by atoms with Gasteiger partial charge in [-0.1, -0.05) is 11.6 Å². The Morgan fingerprint density at radius 1 is 1.24 bits per heavy atom. The van der Waals surface area contributed by atoms with Crippen molar-refractivity contribution in [2.75, 3.05) is 23.2 Å². The van der Waals surface area contributed by atoms with Gasteiger partial charge < -0.3 is 5.32 Å². The van der Waals surface area contributed by atoms with E-state index in [1.807, 2.05) is 0 Å². The van der Waals surface area contributed by atoms with Crippen molar-refractivity contribution in [1.29, 1.82) is 0 Å². The van der Waals surface area contributed by atoms with Gasteiger partial charge in [0.15, 0.2) is 0 Å². The van der Waals surface area contributed by atoms with Crippen LogP contribution >= 0.6 is 11.6 Å². The Balaban J connectivity index is 1.89. The molecule has 0 fully saturated rings. The second-order valence-electron chi connectivity index (χ2n) is 5.48. The summed E-state index contributed by atoms with van der Waals surface area (Å²) in [5.41, 5.74) is 1.62. The number of rotatable bonds is 3. The summed E-state index contributed by atoms with van der Waals surface area (Å²) in [4.78, 5) is 13.4. The Hall–Kier alpha value is -2.32. The number of carbonyl (C=O) groups excluding carboxylic acids is 1. The lowest BCUT2D eigenvalue weighted by molar-refractivity contribution is 0.248. The summed E-state index contributed by atoms with van der Waals surface area (Å²) in [6.07, 6.45) is 0.564. The van der Waals surface area contributed by atoms with E-state index < -0.39 is 15.8 Å². The molecule has 1 aliphatic rings. The maximum Gasteiger partial charge on any atom is 0.321 e. The standard InChI is InChI=1S/C16H15ClFN3O3S/c1-19-16(22)21-7-6-10-8-12(3-5-15(10)21)25(23,24)20-11-2-4-14(18)13(17)9-11/h2-5,8-9,20H,6-7H2,1H3,(H,19,22). The normalized spacial score (nSPS) is 13.5. The van der Waals surface area contributed by atoms with Gasteiger partial charge in [0.1, 0.15) is 5.82 Å². The third-order valence-electron chi connectivity index (χ3n) is 3.89. The van der Waals surface area contributed by atoms with Crippen LogP contribution in [0.1, 0.15) is 5.56 Å². The molecule has 0 saturated heterocycles. The summed E-state index contributed by atoms with van der Waals surface area (Å²) in [5, 5.41) is 2.38. The van der Waals surface area contributed by atoms with Crippen molar-refractivity contribution in [1.82, 2.24) is 5.32 Å². The maximum absolute atomic E-state index is 13.2. The van der Waals surface area contributed by atoms with Crippen molar-refractivity contribution >= 4 is 39.0 Å². The minimum absolute atomic E-state index is 0.0606. The van der Waals surface area contributed by atoms with Crippen molar-refractivity contribution in [2.24, 2.45) is 0 Å². The van der Waals surface area contributed by atoms with Gasteiger partial charge in [-0.25, -0.2) is 17.6 Å². The van der Waals surface area contributed by atoms with Crippen LogP contribution in [0.3, 0.4) is 0 Å². The Morgan fingerprint density at radius 3 is 2.68 bits per heavy atom. The highest BCUT2D eigenvalue weighted by molar-refractivity contribution is 7.92. The van der Waals surface area contributed by atoms with Crippen LogP contribution in [0.4, 0.5) is 20.6 Å². The molecule has 0 atom stereocenters. The molecule has 0 aliphatic carbocycles. The molecule has 1 aliphatic heterocycles. The second kappa shape index (κ2) is 6.53. The number of nitrogens with one attached hydrogen (secondary N) is 2. The monoisotopic (exact) mass is 383 g/mol. The first-order chi connectivity index (χ1) is 11.8. The first kappa shape index (κ1) is 17.5. The minimum Gasteiger partial charge on any atom is -0.341 e. The zero-order chi connectivity index (χ0) is 18.2. The zero-order valence-electron chi connectivity index (χ0n) is 13.2. The average Bonchev–Trinajstić information content (AvgIpc) is 3.00. The molecule has 132 valence electrons. The number of amides is 2. The molecule has 0 saturated carbocycles. The number of halogens is 2. The third kappa shape index (κ3) is 3.40. The van der Waals surface area contributed by atoms with Gasteiger partial charge in [0.25, 0.3) is 10.0 Å². The molecule has 2 amide bonds. The number of carbonyl (C=O) groups is 1. The molecule has 0 unspecified atom stereocenters. The van der Waals surface area contributed by atoms with Gasteiger partial charge in [0.05, 0.1) is 15.6 Å². The molecule has 0 radical (unpaired) electrons. The Kier molecular flexibility index (Phi) is 4.57. The number of sulfonamides is 1. The highest BCUT2D eigenvalue weighted by Gasteiger charge is 2.26. The molecule has 25 heavy (non-hydrogen) atoms. The number of nitrogens with zero attached hydrogens (tertiary/aromatic N) is 1. The summed E-state index contributed by atoms with van der Waals surface area (Å²) in [5.74, 6) is -0.628. The van der Waals surface area contributed by atoms with Crippen molar-refractivity contribution in [3.63, 3.8) is 0 Å². The summed E-state index contributed by atoms with van der Waals surface area (Å²) in [7, 11) is -2.32. The van der Waals surface area contributed by atoms with Crippen LogP contribution in [0.5, 0.6) is 0 Å². The van der Waals surface area contributed by atoms with Crippen molar-refractivity contribution in [3.05, 3.63) is 52.8 Å². The molecule has 3 rings (SSSR count). The van der Waals surface area contributed by atoms with Gasteiger partial charge in [0, 0.05) is 19.3 Å². The smallest absolute Gasteiger partial charge is 0.321 e. The Bertz CT molecular complexity index is 950. The van der Waals surface area contributed by atoms with Crippen LogP contribution in [0.2, 0.25) is 5.02 Å². The van der Waals surface area contributed by atoms with E-state index >= 15 is 0 Å². The van der Waals surface area contributed by atoms with Crippen LogP contribution in [-0.2, 0) is 16.4 Å². The number of fused-ring (bicyclic) bond motifs is 1. The number of anilines is 2. The first-order valence-corrected chi connectivity index (χ1v) is 9.28. The third-order valence-corrected chi connectivity index (χ3v) is 5.56. The van der Waals surface area contributed by atoms with Crippen LogP contribution in [0.25, 0.3) is 0 Å². The maximum atomic E-state index is 13.2. The fourth-order valence-corrected chi connectivity index (χ4v) is 3.95. The van der Waals surface area contributed by atoms with E-state index in [1.54, 1.807) is 11.0 Å². The Labute approximate surface area is 149 Å². The number of hydrogen-bond acceptors (Lipinski definition) is 3. The number of benzene rings is 2. The largest absolute Gasteiger partial charge is 0.341 e. The summed E-state index contributed by atoms with van der Waals surface area (Å²) in [6, 6.07) is 7.90. The van der Waals surface area contributed by atoms with Crippen LogP contribution in [-0.4, -0.2) is 28.0 Å². The zero-order valence-corrected chi connectivity index (χ0v) is 14.8. The van der Waals surface area contributed by atoms with E-state index in [0.717, 1.165) is 11.6 Å². The van der Waals surface area contributed by atoms with E-state index in [0.29, 0.717) is 18.7 Å². The molecule has 2 aromatic rings. The van der Waals surface area contributed by atoms with Gasteiger partial charge in [-0.2, -0.15) is 0 Å². The van der Waals surface area contributed by atoms with E-state index in [2.05, 4.69) is 10.0 Å². The molecule has 2 aromatic carbocycles. The van der Waals surface area contributed by atoms with Crippen LogP contribution in [0, 0.1) is 5.82 Å². The van der Waals surface area contributed by atoms with E-state index in [-0.39, 0.29) is 21.6 Å². The number of urea groups is 1. The predicted octanol–water partition coefficient (Wildman–Crippen LogP) is 2.98. The SMILES string of the molecule is CNC(=O)N1CCc2cc(S(=O)(=O)Nc3ccc(F)c(Cl)c3)ccc21. The van der Waals surface area contributed by atoms with Crippen molar-refractivity contribution in [3.8, 4) is 0 Å². The van der Waals surface area contributed by atoms with Crippen molar-refractivity contribution < 1.29 is 17.6 Å². The van der Waals surface area contributed by atoms with Gasteiger partial charge in [0.2, 0.25) is 0 Å². The molecule has 6 nitrogen and oxygen atoms in total. The van der Waals surface area contributed by atoms with Gasteiger partial charge >= 0.3 is 6.03 Å². The molecule has 1 heterocycles. The van der Waals surface area contributed by atoms with Crippen LogP contribution in [0.15, 0.2) is 41.3 Å².